The lowest BCUT2D eigenvalue weighted by molar-refractivity contribution is -0.137. The van der Waals surface area contributed by atoms with Gasteiger partial charge in [-0.3, -0.25) is 4.57 Å². The Morgan fingerprint density at radius 2 is 1.96 bits per heavy atom. The first-order chi connectivity index (χ1) is 12.0. The Balaban J connectivity index is 1.71. The average molecular weight is 344 g/mol. The molecule has 0 spiro atoms. The third-order valence-corrected chi connectivity index (χ3v) is 3.58. The number of nitrogens with one attached hydrogen (secondary N) is 1. The van der Waals surface area contributed by atoms with Gasteiger partial charge in [-0.05, 0) is 30.3 Å². The molecule has 0 fully saturated rings. The largest absolute Gasteiger partial charge is 0.416 e. The van der Waals surface area contributed by atoms with E-state index in [0.717, 1.165) is 12.1 Å². The van der Waals surface area contributed by atoms with Gasteiger partial charge in [0, 0.05) is 18.1 Å². The summed E-state index contributed by atoms with van der Waals surface area (Å²) in [6, 6.07) is 8.50. The Kier molecular flexibility index (Phi) is 3.41. The number of halogens is 3. The standard InChI is InChI=1S/C16H11F3N6/c17-16(18,19)11-2-1-3-12(8-11)22-15-9-21-13-4-5-14(23-25(13)15)24-7-6-20-10-24/h1-10,22H. The molecule has 0 atom stereocenters. The maximum atomic E-state index is 12.8. The molecule has 0 bridgehead atoms. The summed E-state index contributed by atoms with van der Waals surface area (Å²) in [7, 11) is 0. The molecule has 4 aromatic rings. The lowest BCUT2D eigenvalue weighted by Crippen LogP contribution is -2.06. The van der Waals surface area contributed by atoms with Crippen LogP contribution < -0.4 is 5.32 Å². The number of aromatic nitrogens is 5. The number of nitrogens with zero attached hydrogens (tertiary/aromatic N) is 5. The highest BCUT2D eigenvalue weighted by atomic mass is 19.4. The van der Waals surface area contributed by atoms with Crippen molar-refractivity contribution in [2.75, 3.05) is 5.32 Å². The van der Waals surface area contributed by atoms with Crippen LogP contribution in [0.25, 0.3) is 11.5 Å². The first kappa shape index (κ1) is 15.2. The van der Waals surface area contributed by atoms with Gasteiger partial charge in [-0.2, -0.15) is 17.7 Å². The summed E-state index contributed by atoms with van der Waals surface area (Å²) < 4.78 is 41.8. The molecule has 1 aromatic carbocycles. The maximum Gasteiger partial charge on any atom is 0.416 e. The van der Waals surface area contributed by atoms with Crippen molar-refractivity contribution in [3.8, 4) is 5.82 Å². The van der Waals surface area contributed by atoms with Gasteiger partial charge in [-0.15, -0.1) is 5.10 Å². The van der Waals surface area contributed by atoms with Crippen molar-refractivity contribution in [1.29, 1.82) is 0 Å². The first-order valence-corrected chi connectivity index (χ1v) is 7.28. The van der Waals surface area contributed by atoms with Crippen molar-refractivity contribution >= 4 is 17.2 Å². The summed E-state index contributed by atoms with van der Waals surface area (Å²) in [5.41, 5.74) is 0.142. The van der Waals surface area contributed by atoms with Gasteiger partial charge in [-0.25, -0.2) is 9.97 Å². The van der Waals surface area contributed by atoms with E-state index in [9.17, 15) is 13.2 Å². The van der Waals surface area contributed by atoms with Crippen molar-refractivity contribution in [3.05, 3.63) is 66.9 Å². The molecule has 0 unspecified atom stereocenters. The number of rotatable bonds is 3. The van der Waals surface area contributed by atoms with Crippen LogP contribution in [0.4, 0.5) is 24.7 Å². The van der Waals surface area contributed by atoms with E-state index in [4.69, 9.17) is 0 Å². The van der Waals surface area contributed by atoms with Crippen LogP contribution in [0.2, 0.25) is 0 Å². The molecule has 0 radical (unpaired) electrons. The number of hydrogen-bond donors (Lipinski definition) is 1. The molecule has 1 N–H and O–H groups in total. The number of hydrogen-bond acceptors (Lipinski definition) is 4. The fourth-order valence-corrected chi connectivity index (χ4v) is 2.40. The predicted molar refractivity (Wildman–Crippen MR) is 84.8 cm³/mol. The number of anilines is 2. The number of imidazole rings is 2. The van der Waals surface area contributed by atoms with E-state index in [2.05, 4.69) is 20.4 Å². The Hall–Kier alpha value is -3.36. The molecular formula is C16H11F3N6. The van der Waals surface area contributed by atoms with Gasteiger partial charge in [-0.1, -0.05) is 6.07 Å². The summed E-state index contributed by atoms with van der Waals surface area (Å²) in [5.74, 6) is 1.06. The second kappa shape index (κ2) is 5.62. The molecule has 3 aromatic heterocycles. The van der Waals surface area contributed by atoms with Crippen LogP contribution >= 0.6 is 0 Å². The van der Waals surface area contributed by atoms with Gasteiger partial charge >= 0.3 is 6.18 Å². The van der Waals surface area contributed by atoms with Crippen LogP contribution in [0.15, 0.2) is 61.3 Å². The monoisotopic (exact) mass is 344 g/mol. The molecule has 4 rings (SSSR count). The van der Waals surface area contributed by atoms with Gasteiger partial charge in [0.15, 0.2) is 17.3 Å². The highest BCUT2D eigenvalue weighted by Gasteiger charge is 2.30. The third-order valence-electron chi connectivity index (χ3n) is 3.58. The molecule has 0 aliphatic carbocycles. The SMILES string of the molecule is FC(F)(F)c1cccc(Nc2cnc3ccc(-n4ccnc4)nn23)c1. The molecule has 0 saturated heterocycles. The van der Waals surface area contributed by atoms with E-state index in [1.165, 1.54) is 16.8 Å². The van der Waals surface area contributed by atoms with Gasteiger partial charge in [0.05, 0.1) is 11.8 Å². The number of alkyl halides is 3. The van der Waals surface area contributed by atoms with E-state index in [1.54, 1.807) is 41.5 Å². The smallest absolute Gasteiger partial charge is 0.339 e. The van der Waals surface area contributed by atoms with Crippen LogP contribution in [0.3, 0.4) is 0 Å². The van der Waals surface area contributed by atoms with Crippen molar-refractivity contribution in [2.24, 2.45) is 0 Å². The zero-order valence-corrected chi connectivity index (χ0v) is 12.6. The molecule has 6 nitrogen and oxygen atoms in total. The second-order valence-electron chi connectivity index (χ2n) is 5.28. The highest BCUT2D eigenvalue weighted by Crippen LogP contribution is 2.31. The first-order valence-electron chi connectivity index (χ1n) is 7.28. The molecule has 3 heterocycles. The van der Waals surface area contributed by atoms with Crippen LogP contribution in [0.5, 0.6) is 0 Å². The van der Waals surface area contributed by atoms with Gasteiger partial charge in [0.25, 0.3) is 0 Å². The van der Waals surface area contributed by atoms with Crippen LogP contribution in [0.1, 0.15) is 5.56 Å². The summed E-state index contributed by atoms with van der Waals surface area (Å²) in [4.78, 5) is 8.16. The zero-order valence-electron chi connectivity index (χ0n) is 12.6. The maximum absolute atomic E-state index is 12.8. The summed E-state index contributed by atoms with van der Waals surface area (Å²) in [6.45, 7) is 0. The fourth-order valence-electron chi connectivity index (χ4n) is 2.40. The topological polar surface area (TPSA) is 60.0 Å². The van der Waals surface area contributed by atoms with E-state index in [1.807, 2.05) is 0 Å². The molecule has 25 heavy (non-hydrogen) atoms. The third kappa shape index (κ3) is 2.91. The lowest BCUT2D eigenvalue weighted by Gasteiger charge is -2.10. The summed E-state index contributed by atoms with van der Waals surface area (Å²) >= 11 is 0. The molecule has 0 saturated carbocycles. The normalized spacial score (nSPS) is 11.8. The molecular weight excluding hydrogens is 333 g/mol. The number of benzene rings is 1. The molecule has 9 heteroatoms. The Morgan fingerprint density at radius 1 is 1.08 bits per heavy atom. The Bertz CT molecular complexity index is 1020. The average Bonchev–Trinajstić information content (AvgIpc) is 3.24. The van der Waals surface area contributed by atoms with Crippen molar-refractivity contribution < 1.29 is 13.2 Å². The fraction of sp³-hybridized carbons (Fsp3) is 0.0625. The van der Waals surface area contributed by atoms with Crippen molar-refractivity contribution in [1.82, 2.24) is 24.1 Å². The predicted octanol–water partition coefficient (Wildman–Crippen LogP) is 3.68. The number of fused-ring (bicyclic) bond motifs is 1. The van der Waals surface area contributed by atoms with Crippen LogP contribution in [-0.4, -0.2) is 24.1 Å². The van der Waals surface area contributed by atoms with E-state index < -0.39 is 11.7 Å². The lowest BCUT2D eigenvalue weighted by atomic mass is 10.2. The Labute approximate surface area is 139 Å². The van der Waals surface area contributed by atoms with Gasteiger partial charge in [0.1, 0.15) is 6.33 Å². The van der Waals surface area contributed by atoms with Crippen molar-refractivity contribution in [3.63, 3.8) is 0 Å². The minimum Gasteiger partial charge on any atom is -0.339 e. The highest BCUT2D eigenvalue weighted by molar-refractivity contribution is 5.60. The van der Waals surface area contributed by atoms with E-state index >= 15 is 0 Å². The van der Waals surface area contributed by atoms with Crippen LogP contribution in [0, 0.1) is 0 Å². The van der Waals surface area contributed by atoms with Crippen molar-refractivity contribution in [2.45, 2.75) is 6.18 Å². The molecule has 126 valence electrons. The van der Waals surface area contributed by atoms with Gasteiger partial charge < -0.3 is 5.32 Å². The van der Waals surface area contributed by atoms with E-state index in [0.29, 0.717) is 23.0 Å². The molecule has 0 amide bonds. The van der Waals surface area contributed by atoms with Crippen LogP contribution in [-0.2, 0) is 6.18 Å². The summed E-state index contributed by atoms with van der Waals surface area (Å²) in [5, 5.41) is 7.36. The Morgan fingerprint density at radius 3 is 2.72 bits per heavy atom. The quantitative estimate of drug-likeness (QED) is 0.616. The second-order valence-corrected chi connectivity index (χ2v) is 5.28. The van der Waals surface area contributed by atoms with Gasteiger partial charge in [0.2, 0.25) is 0 Å². The molecule has 0 aliphatic heterocycles. The van der Waals surface area contributed by atoms with E-state index in [-0.39, 0.29) is 0 Å². The zero-order chi connectivity index (χ0) is 17.4. The summed E-state index contributed by atoms with van der Waals surface area (Å²) in [6.07, 6.45) is 2.09. The molecule has 0 aliphatic rings. The minimum absolute atomic E-state index is 0.298. The minimum atomic E-state index is -4.40.